The molecule has 0 amide bonds. The fourth-order valence-corrected chi connectivity index (χ4v) is 2.55. The largest absolute Gasteiger partial charge is 0.465 e. The Labute approximate surface area is 132 Å². The van der Waals surface area contributed by atoms with E-state index in [1.54, 1.807) is 12.1 Å². The summed E-state index contributed by atoms with van der Waals surface area (Å²) < 4.78 is 7.49. The third-order valence-corrected chi connectivity index (χ3v) is 3.96. The molecule has 0 saturated heterocycles. The van der Waals surface area contributed by atoms with E-state index in [1.807, 2.05) is 17.7 Å². The van der Waals surface area contributed by atoms with Crippen LogP contribution in [0.15, 0.2) is 22.7 Å². The number of carbonyl (C=O) groups excluding carboxylic acids is 1. The molecule has 0 radical (unpaired) electrons. The molecule has 0 atom stereocenters. The minimum atomic E-state index is -0.342. The van der Waals surface area contributed by atoms with Gasteiger partial charge in [0.1, 0.15) is 5.82 Å². The first-order valence-corrected chi connectivity index (χ1v) is 7.67. The summed E-state index contributed by atoms with van der Waals surface area (Å²) in [7, 11) is 1.37. The van der Waals surface area contributed by atoms with Gasteiger partial charge < -0.3 is 4.74 Å². The highest BCUT2D eigenvalue weighted by Crippen LogP contribution is 2.20. The fourth-order valence-electron chi connectivity index (χ4n) is 2.05. The third-order valence-electron chi connectivity index (χ3n) is 3.22. The number of ether oxygens (including phenoxy) is 1. The first-order valence-electron chi connectivity index (χ1n) is 6.88. The van der Waals surface area contributed by atoms with Crippen LogP contribution in [-0.4, -0.2) is 27.8 Å². The SMILES string of the molecule is CCc1nc(CC)n(Cc2ccc(C(=O)OC)cc2Br)n1. The van der Waals surface area contributed by atoms with Crippen LogP contribution in [0.3, 0.4) is 0 Å². The topological polar surface area (TPSA) is 57.0 Å². The summed E-state index contributed by atoms with van der Waals surface area (Å²) in [6, 6.07) is 5.43. The van der Waals surface area contributed by atoms with Crippen molar-refractivity contribution in [2.24, 2.45) is 0 Å². The van der Waals surface area contributed by atoms with Crippen molar-refractivity contribution in [1.82, 2.24) is 14.8 Å². The van der Waals surface area contributed by atoms with Crippen molar-refractivity contribution in [3.05, 3.63) is 45.4 Å². The maximum absolute atomic E-state index is 11.5. The molecule has 0 saturated carbocycles. The zero-order chi connectivity index (χ0) is 15.4. The van der Waals surface area contributed by atoms with E-state index in [0.717, 1.165) is 34.5 Å². The normalized spacial score (nSPS) is 10.7. The van der Waals surface area contributed by atoms with Crippen LogP contribution in [0.25, 0.3) is 0 Å². The van der Waals surface area contributed by atoms with Gasteiger partial charge in [0.05, 0.1) is 19.2 Å². The van der Waals surface area contributed by atoms with Crippen molar-refractivity contribution >= 4 is 21.9 Å². The van der Waals surface area contributed by atoms with Crippen LogP contribution < -0.4 is 0 Å². The molecule has 0 bridgehead atoms. The van der Waals surface area contributed by atoms with E-state index in [-0.39, 0.29) is 5.97 Å². The van der Waals surface area contributed by atoms with E-state index >= 15 is 0 Å². The van der Waals surface area contributed by atoms with E-state index in [0.29, 0.717) is 12.1 Å². The summed E-state index contributed by atoms with van der Waals surface area (Å²) in [6.07, 6.45) is 1.66. The zero-order valence-electron chi connectivity index (χ0n) is 12.4. The lowest BCUT2D eigenvalue weighted by Gasteiger charge is -2.08. The smallest absolute Gasteiger partial charge is 0.337 e. The predicted octanol–water partition coefficient (Wildman–Crippen LogP) is 3.00. The first kappa shape index (κ1) is 15.7. The van der Waals surface area contributed by atoms with Gasteiger partial charge in [0.15, 0.2) is 5.82 Å². The molecule has 21 heavy (non-hydrogen) atoms. The standard InChI is InChI=1S/C15H18BrN3O2/c1-4-13-17-14(5-2)19(18-13)9-11-7-6-10(8-12(11)16)15(20)21-3/h6-8H,4-5,9H2,1-3H3. The number of carbonyl (C=O) groups is 1. The van der Waals surface area contributed by atoms with E-state index in [4.69, 9.17) is 4.74 Å². The number of rotatable bonds is 5. The Morgan fingerprint density at radius 1 is 1.33 bits per heavy atom. The maximum Gasteiger partial charge on any atom is 0.337 e. The second-order valence-corrected chi connectivity index (χ2v) is 5.46. The highest BCUT2D eigenvalue weighted by atomic mass is 79.9. The molecule has 1 heterocycles. The lowest BCUT2D eigenvalue weighted by molar-refractivity contribution is 0.0600. The van der Waals surface area contributed by atoms with Gasteiger partial charge in [-0.2, -0.15) is 5.10 Å². The molecule has 1 aromatic heterocycles. The number of nitrogens with zero attached hydrogens (tertiary/aromatic N) is 3. The Hall–Kier alpha value is -1.69. The zero-order valence-corrected chi connectivity index (χ0v) is 14.0. The van der Waals surface area contributed by atoms with Gasteiger partial charge in [-0.05, 0) is 17.7 Å². The molecule has 0 spiro atoms. The minimum Gasteiger partial charge on any atom is -0.465 e. The Balaban J connectivity index is 2.27. The quantitative estimate of drug-likeness (QED) is 0.777. The molecule has 2 rings (SSSR count). The summed E-state index contributed by atoms with van der Waals surface area (Å²) in [6.45, 7) is 4.73. The Bertz CT molecular complexity index is 652. The van der Waals surface area contributed by atoms with Crippen molar-refractivity contribution in [3.8, 4) is 0 Å². The van der Waals surface area contributed by atoms with Gasteiger partial charge in [0.25, 0.3) is 0 Å². The van der Waals surface area contributed by atoms with E-state index in [1.165, 1.54) is 7.11 Å². The molecule has 0 N–H and O–H groups in total. The molecule has 0 aliphatic heterocycles. The average molecular weight is 352 g/mol. The number of hydrogen-bond donors (Lipinski definition) is 0. The second-order valence-electron chi connectivity index (χ2n) is 4.61. The minimum absolute atomic E-state index is 0.342. The van der Waals surface area contributed by atoms with Crippen LogP contribution in [0.4, 0.5) is 0 Å². The van der Waals surface area contributed by atoms with Crippen LogP contribution in [-0.2, 0) is 24.1 Å². The fraction of sp³-hybridized carbons (Fsp3) is 0.400. The highest BCUT2D eigenvalue weighted by Gasteiger charge is 2.12. The number of aromatic nitrogens is 3. The van der Waals surface area contributed by atoms with Crippen molar-refractivity contribution in [2.75, 3.05) is 7.11 Å². The maximum atomic E-state index is 11.5. The van der Waals surface area contributed by atoms with Crippen LogP contribution in [0.1, 0.15) is 41.4 Å². The van der Waals surface area contributed by atoms with Crippen molar-refractivity contribution in [1.29, 1.82) is 0 Å². The predicted molar refractivity (Wildman–Crippen MR) is 83.4 cm³/mol. The van der Waals surface area contributed by atoms with E-state index in [2.05, 4.69) is 32.9 Å². The van der Waals surface area contributed by atoms with Crippen LogP contribution in [0.5, 0.6) is 0 Å². The molecular formula is C15H18BrN3O2. The van der Waals surface area contributed by atoms with Crippen molar-refractivity contribution in [2.45, 2.75) is 33.2 Å². The Kier molecular flexibility index (Phi) is 5.12. The number of aryl methyl sites for hydroxylation is 2. The molecule has 1 aromatic carbocycles. The Morgan fingerprint density at radius 3 is 2.67 bits per heavy atom. The summed E-state index contributed by atoms with van der Waals surface area (Å²) in [5.41, 5.74) is 1.57. The molecule has 5 nitrogen and oxygen atoms in total. The lowest BCUT2D eigenvalue weighted by Crippen LogP contribution is -2.08. The summed E-state index contributed by atoms with van der Waals surface area (Å²) in [4.78, 5) is 16.0. The van der Waals surface area contributed by atoms with Gasteiger partial charge in [-0.3, -0.25) is 0 Å². The van der Waals surface area contributed by atoms with Crippen molar-refractivity contribution in [3.63, 3.8) is 0 Å². The molecule has 0 aliphatic carbocycles. The van der Waals surface area contributed by atoms with Crippen LogP contribution >= 0.6 is 15.9 Å². The number of hydrogen-bond acceptors (Lipinski definition) is 4. The molecule has 2 aromatic rings. The van der Waals surface area contributed by atoms with Gasteiger partial charge in [0, 0.05) is 17.3 Å². The summed E-state index contributed by atoms with van der Waals surface area (Å²) in [5, 5.41) is 4.50. The summed E-state index contributed by atoms with van der Waals surface area (Å²) in [5.74, 6) is 1.48. The van der Waals surface area contributed by atoms with Crippen LogP contribution in [0, 0.1) is 0 Å². The second kappa shape index (κ2) is 6.85. The number of halogens is 1. The van der Waals surface area contributed by atoms with Crippen LogP contribution in [0.2, 0.25) is 0 Å². The Morgan fingerprint density at radius 2 is 2.10 bits per heavy atom. The lowest BCUT2D eigenvalue weighted by atomic mass is 10.1. The highest BCUT2D eigenvalue weighted by molar-refractivity contribution is 9.10. The average Bonchev–Trinajstić information content (AvgIpc) is 2.90. The number of methoxy groups -OCH3 is 1. The molecular weight excluding hydrogens is 334 g/mol. The molecule has 0 unspecified atom stereocenters. The van der Waals surface area contributed by atoms with Gasteiger partial charge in [-0.1, -0.05) is 35.8 Å². The van der Waals surface area contributed by atoms with E-state index < -0.39 is 0 Å². The third kappa shape index (κ3) is 3.50. The number of benzene rings is 1. The molecule has 6 heteroatoms. The molecule has 112 valence electrons. The number of esters is 1. The van der Waals surface area contributed by atoms with E-state index in [9.17, 15) is 4.79 Å². The summed E-state index contributed by atoms with van der Waals surface area (Å²) >= 11 is 3.50. The van der Waals surface area contributed by atoms with Gasteiger partial charge in [-0.25, -0.2) is 14.5 Å². The molecule has 0 aliphatic rings. The van der Waals surface area contributed by atoms with Gasteiger partial charge in [-0.15, -0.1) is 0 Å². The van der Waals surface area contributed by atoms with Gasteiger partial charge in [0.2, 0.25) is 0 Å². The first-order chi connectivity index (χ1) is 10.1. The molecule has 0 fully saturated rings. The van der Waals surface area contributed by atoms with Gasteiger partial charge >= 0.3 is 5.97 Å². The monoisotopic (exact) mass is 351 g/mol. The van der Waals surface area contributed by atoms with Crippen molar-refractivity contribution < 1.29 is 9.53 Å².